The van der Waals surface area contributed by atoms with Crippen molar-refractivity contribution in [1.82, 2.24) is 4.72 Å². The summed E-state index contributed by atoms with van der Waals surface area (Å²) in [6, 6.07) is 0.138. The zero-order valence-electron chi connectivity index (χ0n) is 6.99. The van der Waals surface area contributed by atoms with Crippen LogP contribution in [-0.2, 0) is 10.0 Å². The Morgan fingerprint density at radius 3 is 2.33 bits per heavy atom. The molecular weight excluding hydrogens is 200 g/mol. The molecule has 6 heteroatoms. The Kier molecular flexibility index (Phi) is 4.47. The molecule has 0 bridgehead atoms. The molecule has 74 valence electrons. The minimum absolute atomic E-state index is 0. The lowest BCUT2D eigenvalue weighted by molar-refractivity contribution is 0.256. The van der Waals surface area contributed by atoms with E-state index in [1.807, 2.05) is 0 Å². The summed E-state index contributed by atoms with van der Waals surface area (Å²) in [7, 11) is -3.01. The molecule has 0 radical (unpaired) electrons. The summed E-state index contributed by atoms with van der Waals surface area (Å²) in [6.45, 7) is 0.669. The second kappa shape index (κ2) is 4.41. The second-order valence-corrected chi connectivity index (χ2v) is 4.94. The molecule has 1 saturated carbocycles. The van der Waals surface area contributed by atoms with Crippen molar-refractivity contribution < 1.29 is 8.42 Å². The monoisotopic (exact) mass is 214 g/mol. The number of sulfonamides is 1. The van der Waals surface area contributed by atoms with E-state index >= 15 is 0 Å². The van der Waals surface area contributed by atoms with Crippen LogP contribution >= 0.6 is 12.4 Å². The quantitative estimate of drug-likeness (QED) is 0.678. The Morgan fingerprint density at radius 1 is 1.50 bits per heavy atom. The van der Waals surface area contributed by atoms with Crippen LogP contribution in [0.3, 0.4) is 0 Å². The van der Waals surface area contributed by atoms with E-state index in [2.05, 4.69) is 4.72 Å². The van der Waals surface area contributed by atoms with Crippen molar-refractivity contribution in [3.8, 4) is 0 Å². The summed E-state index contributed by atoms with van der Waals surface area (Å²) in [5, 5.41) is 0. The molecule has 0 aliphatic heterocycles. The molecule has 3 N–H and O–H groups in total. The molecule has 1 fully saturated rings. The van der Waals surface area contributed by atoms with Crippen molar-refractivity contribution in [2.75, 3.05) is 12.8 Å². The van der Waals surface area contributed by atoms with E-state index in [1.54, 1.807) is 0 Å². The Balaban J connectivity index is 0.00000121. The van der Waals surface area contributed by atoms with E-state index in [4.69, 9.17) is 5.73 Å². The van der Waals surface area contributed by atoms with Crippen LogP contribution in [0.4, 0.5) is 0 Å². The molecule has 0 amide bonds. The van der Waals surface area contributed by atoms with Gasteiger partial charge < -0.3 is 5.73 Å². The molecule has 0 heterocycles. The van der Waals surface area contributed by atoms with Gasteiger partial charge in [-0.25, -0.2) is 13.1 Å². The first kappa shape index (κ1) is 12.2. The molecule has 0 atom stereocenters. The third-order valence-electron chi connectivity index (χ3n) is 1.95. The molecule has 4 nitrogen and oxygen atoms in total. The zero-order valence-corrected chi connectivity index (χ0v) is 8.62. The number of rotatable bonds is 3. The van der Waals surface area contributed by atoms with E-state index < -0.39 is 10.0 Å². The molecule has 0 unspecified atom stereocenters. The highest BCUT2D eigenvalue weighted by Crippen LogP contribution is 2.26. The lowest BCUT2D eigenvalue weighted by Crippen LogP contribution is -2.45. The van der Waals surface area contributed by atoms with E-state index in [9.17, 15) is 8.42 Å². The minimum Gasteiger partial charge on any atom is -0.330 e. The Hall–Kier alpha value is 0.160. The van der Waals surface area contributed by atoms with Crippen LogP contribution in [0.1, 0.15) is 12.8 Å². The van der Waals surface area contributed by atoms with Crippen molar-refractivity contribution in [3.05, 3.63) is 0 Å². The van der Waals surface area contributed by atoms with Gasteiger partial charge in [0.05, 0.1) is 6.26 Å². The van der Waals surface area contributed by atoms with Gasteiger partial charge in [0, 0.05) is 6.04 Å². The summed E-state index contributed by atoms with van der Waals surface area (Å²) in [4.78, 5) is 0. The lowest BCUT2D eigenvalue weighted by atomic mass is 9.81. The normalized spacial score (nSPS) is 28.8. The van der Waals surface area contributed by atoms with Crippen molar-refractivity contribution in [1.29, 1.82) is 0 Å². The Bertz CT molecular complexity index is 224. The maximum absolute atomic E-state index is 10.7. The fourth-order valence-electron chi connectivity index (χ4n) is 1.33. The van der Waals surface area contributed by atoms with Gasteiger partial charge in [-0.05, 0) is 25.3 Å². The number of nitrogens with one attached hydrogen (secondary N) is 1. The number of hydrogen-bond donors (Lipinski definition) is 2. The first-order chi connectivity index (χ1) is 5.01. The highest BCUT2D eigenvalue weighted by Gasteiger charge is 2.29. The average Bonchev–Trinajstić information content (AvgIpc) is 1.75. The van der Waals surface area contributed by atoms with Gasteiger partial charge in [0.1, 0.15) is 0 Å². The first-order valence-corrected chi connectivity index (χ1v) is 5.58. The Labute approximate surface area is 79.4 Å². The summed E-state index contributed by atoms with van der Waals surface area (Å²) >= 11 is 0. The largest absolute Gasteiger partial charge is 0.330 e. The number of nitrogens with two attached hydrogens (primary N) is 1. The van der Waals surface area contributed by atoms with Crippen LogP contribution in [0, 0.1) is 5.92 Å². The maximum atomic E-state index is 10.7. The first-order valence-electron chi connectivity index (χ1n) is 3.68. The molecule has 0 saturated heterocycles. The maximum Gasteiger partial charge on any atom is 0.208 e. The van der Waals surface area contributed by atoms with Gasteiger partial charge in [0.15, 0.2) is 0 Å². The number of halogens is 1. The topological polar surface area (TPSA) is 72.2 Å². The predicted octanol–water partition coefficient (Wildman–Crippen LogP) is -0.305. The van der Waals surface area contributed by atoms with Gasteiger partial charge in [0.25, 0.3) is 0 Å². The van der Waals surface area contributed by atoms with Crippen LogP contribution in [0.2, 0.25) is 0 Å². The minimum atomic E-state index is -3.01. The summed E-state index contributed by atoms with van der Waals surface area (Å²) < 4.78 is 23.9. The van der Waals surface area contributed by atoms with Crippen molar-refractivity contribution >= 4 is 22.4 Å². The van der Waals surface area contributed by atoms with Gasteiger partial charge in [-0.15, -0.1) is 12.4 Å². The van der Waals surface area contributed by atoms with Gasteiger partial charge >= 0.3 is 0 Å². The second-order valence-electron chi connectivity index (χ2n) is 3.16. The molecule has 0 aromatic carbocycles. The van der Waals surface area contributed by atoms with Crippen molar-refractivity contribution in [3.63, 3.8) is 0 Å². The molecular formula is C6H15ClN2O2S. The van der Waals surface area contributed by atoms with Crippen molar-refractivity contribution in [2.45, 2.75) is 18.9 Å². The molecule has 0 spiro atoms. The molecule has 0 aromatic rings. The lowest BCUT2D eigenvalue weighted by Gasteiger charge is -2.34. The summed E-state index contributed by atoms with van der Waals surface area (Å²) in [6.07, 6.45) is 2.97. The SMILES string of the molecule is CS(=O)(=O)NC1CC(CN)C1.Cl. The van der Waals surface area contributed by atoms with E-state index in [-0.39, 0.29) is 18.4 Å². The molecule has 1 aliphatic carbocycles. The third-order valence-corrected chi connectivity index (χ3v) is 2.71. The zero-order chi connectivity index (χ0) is 8.48. The summed E-state index contributed by atoms with van der Waals surface area (Å²) in [5.74, 6) is 0.522. The third kappa shape index (κ3) is 3.71. The Morgan fingerprint density at radius 2 is 2.00 bits per heavy atom. The van der Waals surface area contributed by atoms with Crippen LogP contribution < -0.4 is 10.5 Å². The van der Waals surface area contributed by atoms with Gasteiger partial charge in [0.2, 0.25) is 10.0 Å². The van der Waals surface area contributed by atoms with Gasteiger partial charge in [-0.2, -0.15) is 0 Å². The standard InChI is InChI=1S/C6H14N2O2S.ClH/c1-11(9,10)8-6-2-5(3-6)4-7;/h5-6,8H,2-4,7H2,1H3;1H. The van der Waals surface area contributed by atoms with E-state index in [1.165, 1.54) is 6.26 Å². The predicted molar refractivity (Wildman–Crippen MR) is 50.8 cm³/mol. The molecule has 1 rings (SSSR count). The fraction of sp³-hybridized carbons (Fsp3) is 1.00. The highest BCUT2D eigenvalue weighted by molar-refractivity contribution is 7.88. The number of hydrogen-bond acceptors (Lipinski definition) is 3. The van der Waals surface area contributed by atoms with E-state index in [0.717, 1.165) is 12.8 Å². The van der Waals surface area contributed by atoms with Crippen LogP contribution in [0.15, 0.2) is 0 Å². The summed E-state index contributed by atoms with van der Waals surface area (Å²) in [5.41, 5.74) is 5.38. The fourth-order valence-corrected chi connectivity index (χ4v) is 2.13. The highest BCUT2D eigenvalue weighted by atomic mass is 35.5. The molecule has 1 aliphatic rings. The van der Waals surface area contributed by atoms with Crippen LogP contribution in [0.25, 0.3) is 0 Å². The van der Waals surface area contributed by atoms with Crippen LogP contribution in [0.5, 0.6) is 0 Å². The average molecular weight is 215 g/mol. The van der Waals surface area contributed by atoms with Gasteiger partial charge in [-0.1, -0.05) is 0 Å². The molecule has 12 heavy (non-hydrogen) atoms. The smallest absolute Gasteiger partial charge is 0.208 e. The van der Waals surface area contributed by atoms with Crippen molar-refractivity contribution in [2.24, 2.45) is 11.7 Å². The molecule has 0 aromatic heterocycles. The van der Waals surface area contributed by atoms with Crippen LogP contribution in [-0.4, -0.2) is 27.3 Å². The van der Waals surface area contributed by atoms with Gasteiger partial charge in [-0.3, -0.25) is 0 Å². The van der Waals surface area contributed by atoms with E-state index in [0.29, 0.717) is 12.5 Å².